The van der Waals surface area contributed by atoms with Gasteiger partial charge in [0.1, 0.15) is 11.6 Å². The van der Waals surface area contributed by atoms with Gasteiger partial charge in [-0.25, -0.2) is 4.39 Å². The normalized spacial score (nSPS) is 14.1. The maximum absolute atomic E-state index is 13.3. The van der Waals surface area contributed by atoms with Crippen LogP contribution >= 0.6 is 0 Å². The van der Waals surface area contributed by atoms with Gasteiger partial charge in [-0.15, -0.1) is 13.2 Å². The van der Waals surface area contributed by atoms with Gasteiger partial charge in [0.2, 0.25) is 5.39 Å². The van der Waals surface area contributed by atoms with E-state index in [-0.39, 0.29) is 16.8 Å². The molecule has 0 amide bonds. The Balaban J connectivity index is 0.000000445. The van der Waals surface area contributed by atoms with E-state index < -0.39 is 37.4 Å². The summed E-state index contributed by atoms with van der Waals surface area (Å²) < 4.78 is 114. The summed E-state index contributed by atoms with van der Waals surface area (Å²) in [5.74, 6) is -1.18. The number of halogens is 10. The SMILES string of the molecule is N#[N+]c1ccc(F)cc1-c1ccccc1OC(F)(F)F.[F][Sb-]([F])([F])([F])([F])[F]. The van der Waals surface area contributed by atoms with Crippen molar-refractivity contribution >= 4 is 25.2 Å². The summed E-state index contributed by atoms with van der Waals surface area (Å²) in [6.07, 6.45) is -4.88. The van der Waals surface area contributed by atoms with Crippen molar-refractivity contribution < 1.29 is 39.2 Å². The van der Waals surface area contributed by atoms with Crippen LogP contribution in [0.25, 0.3) is 16.1 Å². The first-order chi connectivity index (χ1) is 11.9. The number of hydrogen-bond donors (Lipinski definition) is 0. The van der Waals surface area contributed by atoms with Gasteiger partial charge in [-0.05, 0) is 18.2 Å². The van der Waals surface area contributed by atoms with Gasteiger partial charge in [0, 0.05) is 11.6 Å². The van der Waals surface area contributed by atoms with E-state index in [0.29, 0.717) is 0 Å². The molecule has 27 heavy (non-hydrogen) atoms. The summed E-state index contributed by atoms with van der Waals surface area (Å²) in [6, 6.07) is 8.36. The Kier molecular flexibility index (Phi) is 5.70. The molecular weight excluding hydrogens is 512 g/mol. The van der Waals surface area contributed by atoms with Crippen LogP contribution in [0.4, 0.5) is 40.1 Å². The van der Waals surface area contributed by atoms with Crippen molar-refractivity contribution in [2.75, 3.05) is 0 Å². The second-order valence-electron chi connectivity index (χ2n) is 4.76. The Morgan fingerprint density at radius 1 is 0.852 bits per heavy atom. The van der Waals surface area contributed by atoms with E-state index >= 15 is 0 Å². The molecule has 3 nitrogen and oxygen atoms in total. The molecule has 0 aliphatic carbocycles. The third kappa shape index (κ3) is 10.5. The zero-order valence-electron chi connectivity index (χ0n) is 12.6. The predicted molar refractivity (Wildman–Crippen MR) is 75.7 cm³/mol. The Labute approximate surface area is 146 Å². The molecule has 2 rings (SSSR count). The third-order valence-corrected chi connectivity index (χ3v) is 2.47. The molecule has 0 aliphatic heterocycles. The Morgan fingerprint density at radius 3 is 1.85 bits per heavy atom. The van der Waals surface area contributed by atoms with Gasteiger partial charge < -0.3 is 4.74 Å². The molecule has 0 saturated carbocycles. The average molecular weight is 519 g/mol. The molecule has 0 fully saturated rings. The Bertz CT molecular complexity index is 860. The standard InChI is InChI=1S/C13H7F4N2O.6FH.Sb/c14-8-5-6-11(19-18)10(7-8)9-3-1-2-4-12(9)20-13(15,16)17;;;;;;;/h1-7H;6*1H;/q+1;;;;;;;+5/p-6. The van der Waals surface area contributed by atoms with Gasteiger partial charge in [-0.1, -0.05) is 18.2 Å². The van der Waals surface area contributed by atoms with E-state index in [0.717, 1.165) is 24.3 Å². The van der Waals surface area contributed by atoms with Crippen LogP contribution in [0, 0.1) is 11.2 Å². The second kappa shape index (κ2) is 6.74. The van der Waals surface area contributed by atoms with E-state index in [4.69, 9.17) is 5.39 Å². The van der Waals surface area contributed by atoms with Crippen LogP contribution in [0.15, 0.2) is 42.5 Å². The van der Waals surface area contributed by atoms with Gasteiger partial charge in [-0.3, -0.25) is 0 Å². The van der Waals surface area contributed by atoms with Crippen molar-refractivity contribution in [1.82, 2.24) is 0 Å². The molecule has 0 bridgehead atoms. The van der Waals surface area contributed by atoms with Crippen molar-refractivity contribution in [3.8, 4) is 16.9 Å². The molecule has 0 aromatic heterocycles. The monoisotopic (exact) mass is 518 g/mol. The molecule has 0 atom stereocenters. The molecule has 0 N–H and O–H groups in total. The first-order valence-corrected chi connectivity index (χ1v) is 12.2. The molecule has 0 unspecified atom stereocenters. The molecule has 0 heterocycles. The molecular formula is C13H7F10N2OSb. The van der Waals surface area contributed by atoms with Gasteiger partial charge in [0.15, 0.2) is 4.98 Å². The van der Waals surface area contributed by atoms with Crippen molar-refractivity contribution in [3.63, 3.8) is 0 Å². The number of hydrogen-bond acceptors (Lipinski definition) is 2. The molecule has 2 aromatic carbocycles. The van der Waals surface area contributed by atoms with E-state index in [1.165, 1.54) is 18.2 Å². The summed E-state index contributed by atoms with van der Waals surface area (Å²) in [5, 5.41) is 8.83. The predicted octanol–water partition coefficient (Wildman–Crippen LogP) is 7.02. The van der Waals surface area contributed by atoms with Crippen LogP contribution in [-0.2, 0) is 0 Å². The minimum absolute atomic E-state index is 0.00708. The van der Waals surface area contributed by atoms with Crippen LogP contribution in [0.2, 0.25) is 0 Å². The fourth-order valence-electron chi connectivity index (χ4n) is 1.71. The van der Waals surface area contributed by atoms with Crippen LogP contribution in [0.3, 0.4) is 0 Å². The van der Waals surface area contributed by atoms with E-state index in [1.54, 1.807) is 0 Å². The maximum atomic E-state index is 13.3. The van der Waals surface area contributed by atoms with Crippen LogP contribution in [0.5, 0.6) is 5.75 Å². The molecule has 2 aromatic rings. The van der Waals surface area contributed by atoms with Gasteiger partial charge >= 0.3 is 48.4 Å². The quantitative estimate of drug-likeness (QED) is 0.243. The molecule has 0 spiro atoms. The Hall–Kier alpha value is -2.22. The summed E-state index contributed by atoms with van der Waals surface area (Å²) in [4.78, 5) is 2.92. The zero-order valence-corrected chi connectivity index (χ0v) is 15.1. The van der Waals surface area contributed by atoms with Crippen LogP contribution < -0.4 is 4.74 Å². The van der Waals surface area contributed by atoms with Crippen molar-refractivity contribution in [2.45, 2.75) is 6.36 Å². The van der Waals surface area contributed by atoms with Gasteiger partial charge in [0.25, 0.3) is 0 Å². The topological polar surface area (TPSA) is 37.4 Å². The molecule has 150 valence electrons. The minimum atomic E-state index is -11.2. The molecule has 0 radical (unpaired) electrons. The van der Waals surface area contributed by atoms with Crippen molar-refractivity contribution in [3.05, 3.63) is 53.3 Å². The van der Waals surface area contributed by atoms with Crippen LogP contribution in [0.1, 0.15) is 0 Å². The van der Waals surface area contributed by atoms with Gasteiger partial charge in [-0.2, -0.15) is 0 Å². The molecule has 14 heteroatoms. The first-order valence-electron chi connectivity index (χ1n) is 6.42. The number of nitrogens with zero attached hydrogens (tertiary/aromatic N) is 2. The fourth-order valence-corrected chi connectivity index (χ4v) is 1.71. The molecule has 0 aliphatic rings. The number of para-hydroxylation sites is 1. The third-order valence-electron chi connectivity index (χ3n) is 2.47. The second-order valence-corrected chi connectivity index (χ2v) is 10.2. The zero-order chi connectivity index (χ0) is 21.2. The summed E-state index contributed by atoms with van der Waals surface area (Å²) in [7, 11) is 0. The average Bonchev–Trinajstić information content (AvgIpc) is 2.43. The molecule has 0 saturated heterocycles. The number of benzene rings is 2. The van der Waals surface area contributed by atoms with Gasteiger partial charge in [0.05, 0.1) is 5.56 Å². The summed E-state index contributed by atoms with van der Waals surface area (Å²) in [5.41, 5.74) is -0.103. The number of rotatable bonds is 2. The van der Waals surface area contributed by atoms with Crippen molar-refractivity contribution in [2.24, 2.45) is 0 Å². The number of diazo groups is 1. The summed E-state index contributed by atoms with van der Waals surface area (Å²) >= 11 is -11.2. The number of ether oxygens (including phenoxy) is 1. The van der Waals surface area contributed by atoms with E-state index in [2.05, 4.69) is 9.71 Å². The van der Waals surface area contributed by atoms with Crippen molar-refractivity contribution in [1.29, 1.82) is 5.39 Å². The van der Waals surface area contributed by atoms with Crippen LogP contribution in [-0.4, -0.2) is 25.8 Å². The first kappa shape index (κ1) is 22.8. The van der Waals surface area contributed by atoms with E-state index in [1.807, 2.05) is 0 Å². The Morgan fingerprint density at radius 2 is 1.37 bits per heavy atom. The summed E-state index contributed by atoms with van der Waals surface area (Å²) in [6.45, 7) is 0. The fraction of sp³-hybridized carbons (Fsp3) is 0.0769. The van der Waals surface area contributed by atoms with E-state index in [9.17, 15) is 34.4 Å². The number of alkyl halides is 3.